The molecule has 27 heavy (non-hydrogen) atoms. The minimum atomic E-state index is -4.49. The summed E-state index contributed by atoms with van der Waals surface area (Å²) in [5.41, 5.74) is 1.32. The molecule has 0 spiro atoms. The Morgan fingerprint density at radius 2 is 1.85 bits per heavy atom. The highest BCUT2D eigenvalue weighted by Gasteiger charge is 2.40. The zero-order chi connectivity index (χ0) is 18.8. The summed E-state index contributed by atoms with van der Waals surface area (Å²) < 4.78 is 40.4. The van der Waals surface area contributed by atoms with Crippen LogP contribution in [-0.2, 0) is 32.1 Å². The zero-order valence-corrected chi connectivity index (χ0v) is 15.5. The van der Waals surface area contributed by atoms with Gasteiger partial charge >= 0.3 is 6.18 Å². The molecule has 0 fully saturated rings. The first kappa shape index (κ1) is 16.9. The quantitative estimate of drug-likeness (QED) is 0.632. The van der Waals surface area contributed by atoms with Crippen LogP contribution in [0.25, 0.3) is 10.2 Å². The van der Waals surface area contributed by atoms with E-state index in [2.05, 4.69) is 20.2 Å². The van der Waals surface area contributed by atoms with Gasteiger partial charge in [0.05, 0.1) is 11.9 Å². The van der Waals surface area contributed by atoms with Crippen LogP contribution < -0.4 is 4.90 Å². The number of fused-ring (bicyclic) bond motifs is 4. The average Bonchev–Trinajstić information content (AvgIpc) is 3.21. The van der Waals surface area contributed by atoms with E-state index in [-0.39, 0.29) is 13.1 Å². The molecule has 0 atom stereocenters. The summed E-state index contributed by atoms with van der Waals surface area (Å²) >= 11 is 1.73. The van der Waals surface area contributed by atoms with E-state index in [4.69, 9.17) is 0 Å². The van der Waals surface area contributed by atoms with Crippen molar-refractivity contribution >= 4 is 27.4 Å². The van der Waals surface area contributed by atoms with Gasteiger partial charge in [-0.1, -0.05) is 0 Å². The lowest BCUT2D eigenvalue weighted by Gasteiger charge is -2.30. The lowest BCUT2D eigenvalue weighted by Crippen LogP contribution is -2.36. The first-order valence-corrected chi connectivity index (χ1v) is 9.76. The van der Waals surface area contributed by atoms with Gasteiger partial charge in [0.1, 0.15) is 16.5 Å². The highest BCUT2D eigenvalue weighted by molar-refractivity contribution is 7.19. The fourth-order valence-corrected chi connectivity index (χ4v) is 5.32. The normalized spacial score (nSPS) is 17.3. The molecular formula is C17H17F3N6S. The Balaban J connectivity index is 1.59. The summed E-state index contributed by atoms with van der Waals surface area (Å²) in [6, 6.07) is 0. The van der Waals surface area contributed by atoms with Gasteiger partial charge < -0.3 is 9.47 Å². The number of hydrogen-bond donors (Lipinski definition) is 0. The standard InChI is InChI=1S/C17H17F3N6S/c1-9-21-14(13-10-4-2-3-5-11(10)27-15(13)22-9)25-6-7-26-12(8-25)23-24-16(26)17(18,19)20/h2-8H2,1H3. The Morgan fingerprint density at radius 1 is 1.04 bits per heavy atom. The summed E-state index contributed by atoms with van der Waals surface area (Å²) in [6.45, 7) is 2.74. The molecule has 0 saturated carbocycles. The summed E-state index contributed by atoms with van der Waals surface area (Å²) in [6.07, 6.45) is -0.0717. The molecule has 6 nitrogen and oxygen atoms in total. The van der Waals surface area contributed by atoms with Crippen LogP contribution in [-0.4, -0.2) is 31.3 Å². The first-order chi connectivity index (χ1) is 12.9. The summed E-state index contributed by atoms with van der Waals surface area (Å²) in [4.78, 5) is 13.7. The molecular weight excluding hydrogens is 377 g/mol. The molecule has 1 aliphatic heterocycles. The van der Waals surface area contributed by atoms with Crippen LogP contribution in [0.3, 0.4) is 0 Å². The van der Waals surface area contributed by atoms with E-state index in [0.29, 0.717) is 18.2 Å². The molecule has 1 aliphatic carbocycles. The van der Waals surface area contributed by atoms with Gasteiger partial charge in [-0.25, -0.2) is 9.97 Å². The van der Waals surface area contributed by atoms with E-state index >= 15 is 0 Å². The molecule has 5 rings (SSSR count). The van der Waals surface area contributed by atoms with Crippen LogP contribution in [0.5, 0.6) is 0 Å². The molecule has 142 valence electrons. The Bertz CT molecular complexity index is 1040. The average molecular weight is 394 g/mol. The maximum atomic E-state index is 13.1. The smallest absolute Gasteiger partial charge is 0.347 e. The highest BCUT2D eigenvalue weighted by Crippen LogP contribution is 2.40. The van der Waals surface area contributed by atoms with Crippen molar-refractivity contribution in [2.75, 3.05) is 11.4 Å². The van der Waals surface area contributed by atoms with Crippen LogP contribution >= 0.6 is 11.3 Å². The van der Waals surface area contributed by atoms with Gasteiger partial charge in [0, 0.05) is 18.0 Å². The largest absolute Gasteiger partial charge is 0.451 e. The maximum absolute atomic E-state index is 13.1. The van der Waals surface area contributed by atoms with E-state index in [9.17, 15) is 13.2 Å². The second-order valence-electron chi connectivity index (χ2n) is 7.00. The number of anilines is 1. The predicted octanol–water partition coefficient (Wildman–Crippen LogP) is 3.51. The van der Waals surface area contributed by atoms with E-state index in [0.717, 1.165) is 35.3 Å². The lowest BCUT2D eigenvalue weighted by atomic mass is 9.97. The number of hydrogen-bond acceptors (Lipinski definition) is 6. The maximum Gasteiger partial charge on any atom is 0.451 e. The molecule has 0 amide bonds. The second kappa shape index (κ2) is 5.88. The van der Waals surface area contributed by atoms with Crippen molar-refractivity contribution in [1.82, 2.24) is 24.7 Å². The molecule has 10 heteroatoms. The molecule has 0 saturated heterocycles. The lowest BCUT2D eigenvalue weighted by molar-refractivity contribution is -0.147. The van der Waals surface area contributed by atoms with Gasteiger partial charge in [0.25, 0.3) is 0 Å². The molecule has 0 bridgehead atoms. The number of aromatic nitrogens is 5. The van der Waals surface area contributed by atoms with Gasteiger partial charge in [0.2, 0.25) is 5.82 Å². The fourth-order valence-electron chi connectivity index (χ4n) is 4.02. The predicted molar refractivity (Wildman–Crippen MR) is 94.9 cm³/mol. The summed E-state index contributed by atoms with van der Waals surface area (Å²) in [7, 11) is 0. The number of aryl methyl sites for hydroxylation is 3. The van der Waals surface area contributed by atoms with Gasteiger partial charge in [-0.05, 0) is 38.2 Å². The Hall–Kier alpha value is -2.23. The van der Waals surface area contributed by atoms with Crippen LogP contribution in [0.2, 0.25) is 0 Å². The molecule has 0 unspecified atom stereocenters. The minimum Gasteiger partial charge on any atom is -0.347 e. The highest BCUT2D eigenvalue weighted by atomic mass is 32.1. The van der Waals surface area contributed by atoms with Crippen molar-refractivity contribution in [2.24, 2.45) is 0 Å². The number of halogens is 3. The van der Waals surface area contributed by atoms with E-state index in [1.807, 2.05) is 11.8 Å². The Labute approximate surface area is 157 Å². The SMILES string of the molecule is Cc1nc(N2CCn3c(nnc3C(F)(F)F)C2)c2c3c(sc2n1)CCCC3. The third-order valence-electron chi connectivity index (χ3n) is 5.21. The van der Waals surface area contributed by atoms with Crippen LogP contribution in [0.1, 0.15) is 40.8 Å². The van der Waals surface area contributed by atoms with Gasteiger partial charge in [-0.2, -0.15) is 13.2 Å². The van der Waals surface area contributed by atoms with Crippen molar-refractivity contribution in [3.63, 3.8) is 0 Å². The van der Waals surface area contributed by atoms with E-state index in [1.165, 1.54) is 21.4 Å². The molecule has 2 aliphatic rings. The number of alkyl halides is 3. The monoisotopic (exact) mass is 394 g/mol. The van der Waals surface area contributed by atoms with E-state index < -0.39 is 12.0 Å². The molecule has 0 N–H and O–H groups in total. The minimum absolute atomic E-state index is 0.189. The Kier molecular flexibility index (Phi) is 3.68. The third kappa shape index (κ3) is 2.69. The van der Waals surface area contributed by atoms with Crippen molar-refractivity contribution in [2.45, 2.75) is 51.9 Å². The van der Waals surface area contributed by atoms with Crippen LogP contribution in [0.15, 0.2) is 0 Å². The molecule has 0 radical (unpaired) electrons. The van der Waals surface area contributed by atoms with Gasteiger partial charge in [-0.3, -0.25) is 0 Å². The fraction of sp³-hybridized carbons (Fsp3) is 0.529. The van der Waals surface area contributed by atoms with Crippen LogP contribution in [0, 0.1) is 6.92 Å². The third-order valence-corrected chi connectivity index (χ3v) is 6.40. The van der Waals surface area contributed by atoms with Crippen molar-refractivity contribution in [3.8, 4) is 0 Å². The second-order valence-corrected chi connectivity index (χ2v) is 8.08. The van der Waals surface area contributed by atoms with Gasteiger partial charge in [-0.15, -0.1) is 21.5 Å². The zero-order valence-electron chi connectivity index (χ0n) is 14.7. The van der Waals surface area contributed by atoms with E-state index in [1.54, 1.807) is 11.3 Å². The first-order valence-electron chi connectivity index (χ1n) is 8.95. The summed E-state index contributed by atoms with van der Waals surface area (Å²) in [5, 5.41) is 8.23. The molecule has 0 aromatic carbocycles. The molecule has 3 aromatic rings. The number of rotatable bonds is 1. The molecule has 4 heterocycles. The number of thiophene rings is 1. The van der Waals surface area contributed by atoms with Crippen molar-refractivity contribution in [3.05, 3.63) is 27.9 Å². The summed E-state index contributed by atoms with van der Waals surface area (Å²) in [5.74, 6) is 0.898. The number of nitrogens with zero attached hydrogens (tertiary/aromatic N) is 6. The van der Waals surface area contributed by atoms with Crippen LogP contribution in [0.4, 0.5) is 19.0 Å². The molecule has 3 aromatic heterocycles. The van der Waals surface area contributed by atoms with Crippen molar-refractivity contribution < 1.29 is 13.2 Å². The topological polar surface area (TPSA) is 59.7 Å². The Morgan fingerprint density at radius 3 is 2.67 bits per heavy atom. The van der Waals surface area contributed by atoms with Gasteiger partial charge in [0.15, 0.2) is 5.82 Å². The van der Waals surface area contributed by atoms with Crippen molar-refractivity contribution in [1.29, 1.82) is 0 Å².